The van der Waals surface area contributed by atoms with Gasteiger partial charge in [0.05, 0.1) is 11.6 Å². The van der Waals surface area contributed by atoms with Crippen LogP contribution in [0.3, 0.4) is 0 Å². The Morgan fingerprint density at radius 2 is 1.92 bits per heavy atom. The van der Waals surface area contributed by atoms with E-state index in [1.807, 2.05) is 37.3 Å². The Hall–Kier alpha value is -2.69. The number of anilines is 1. The Morgan fingerprint density at radius 1 is 1.15 bits per heavy atom. The van der Waals surface area contributed by atoms with Crippen LogP contribution in [0, 0.1) is 0 Å². The van der Waals surface area contributed by atoms with E-state index in [9.17, 15) is 4.79 Å². The lowest BCUT2D eigenvalue weighted by Crippen LogP contribution is -2.27. The number of hydrogen-bond acceptors (Lipinski definition) is 4. The van der Waals surface area contributed by atoms with E-state index in [1.165, 1.54) is 31.3 Å². The first-order valence-corrected chi connectivity index (χ1v) is 9.32. The van der Waals surface area contributed by atoms with Crippen LogP contribution in [0.4, 0.5) is 5.95 Å². The Kier molecular flexibility index (Phi) is 6.36. The lowest BCUT2D eigenvalue weighted by molar-refractivity contribution is 0.0939. The second-order valence-electron chi connectivity index (χ2n) is 6.69. The predicted molar refractivity (Wildman–Crippen MR) is 104 cm³/mol. The largest absolute Gasteiger partial charge is 0.354 e. The van der Waals surface area contributed by atoms with Crippen LogP contribution in [-0.4, -0.2) is 22.4 Å². The molecular weight excluding hydrogens is 324 g/mol. The third kappa shape index (κ3) is 5.15. The van der Waals surface area contributed by atoms with Gasteiger partial charge in [0.2, 0.25) is 5.95 Å². The van der Waals surface area contributed by atoms with Gasteiger partial charge in [-0.25, -0.2) is 9.97 Å². The molecule has 1 atom stereocenters. The Balaban J connectivity index is 1.48. The molecule has 5 nitrogen and oxygen atoms in total. The van der Waals surface area contributed by atoms with Gasteiger partial charge >= 0.3 is 0 Å². The number of carbonyl (C=O) groups is 1. The van der Waals surface area contributed by atoms with Crippen molar-refractivity contribution in [2.75, 3.05) is 11.9 Å². The average Bonchev–Trinajstić information content (AvgIpc) is 2.70. The smallest absolute Gasteiger partial charge is 0.254 e. The molecule has 0 fully saturated rings. The fraction of sp³-hybridized carbons (Fsp3) is 0.381. The van der Waals surface area contributed by atoms with E-state index in [1.54, 1.807) is 12.4 Å². The Bertz CT molecular complexity index is 740. The van der Waals surface area contributed by atoms with Crippen molar-refractivity contribution in [3.05, 3.63) is 65.5 Å². The third-order valence-electron chi connectivity index (χ3n) is 4.68. The van der Waals surface area contributed by atoms with Gasteiger partial charge in [0.25, 0.3) is 5.91 Å². The summed E-state index contributed by atoms with van der Waals surface area (Å²) in [5.41, 5.74) is 3.06. The minimum atomic E-state index is -0.166. The highest BCUT2D eigenvalue weighted by molar-refractivity contribution is 5.93. The van der Waals surface area contributed by atoms with Crippen molar-refractivity contribution in [3.63, 3.8) is 0 Å². The number of rotatable bonds is 7. The molecule has 1 heterocycles. The summed E-state index contributed by atoms with van der Waals surface area (Å²) >= 11 is 0. The van der Waals surface area contributed by atoms with Gasteiger partial charge < -0.3 is 10.6 Å². The van der Waals surface area contributed by atoms with Crippen molar-refractivity contribution in [2.24, 2.45) is 0 Å². The molecule has 136 valence electrons. The van der Waals surface area contributed by atoms with Crippen molar-refractivity contribution in [2.45, 2.75) is 45.1 Å². The second-order valence-corrected chi connectivity index (χ2v) is 6.69. The number of hydrogen-bond donors (Lipinski definition) is 2. The van der Waals surface area contributed by atoms with Gasteiger partial charge in [-0.2, -0.15) is 0 Å². The maximum absolute atomic E-state index is 12.3. The molecule has 1 amide bonds. The normalized spacial score (nSPS) is 15.0. The van der Waals surface area contributed by atoms with E-state index in [2.05, 4.69) is 26.7 Å². The van der Waals surface area contributed by atoms with Gasteiger partial charge in [0.1, 0.15) is 0 Å². The number of allylic oxidation sites excluding steroid dienone is 1. The van der Waals surface area contributed by atoms with Crippen LogP contribution in [0.25, 0.3) is 0 Å². The highest BCUT2D eigenvalue weighted by Gasteiger charge is 2.12. The zero-order chi connectivity index (χ0) is 18.2. The molecule has 2 N–H and O–H groups in total. The molecule has 5 heteroatoms. The minimum Gasteiger partial charge on any atom is -0.354 e. The molecule has 1 aromatic heterocycles. The van der Waals surface area contributed by atoms with Crippen LogP contribution in [0.5, 0.6) is 0 Å². The lowest BCUT2D eigenvalue weighted by Gasteiger charge is -2.14. The Morgan fingerprint density at radius 3 is 2.62 bits per heavy atom. The van der Waals surface area contributed by atoms with Crippen LogP contribution in [0.2, 0.25) is 0 Å². The number of amides is 1. The summed E-state index contributed by atoms with van der Waals surface area (Å²) in [5, 5.41) is 6.20. The number of nitrogens with one attached hydrogen (secondary N) is 2. The average molecular weight is 350 g/mol. The Labute approximate surface area is 155 Å². The van der Waals surface area contributed by atoms with Crippen molar-refractivity contribution >= 4 is 11.9 Å². The van der Waals surface area contributed by atoms with Gasteiger partial charge in [-0.05, 0) is 44.6 Å². The van der Waals surface area contributed by atoms with E-state index in [-0.39, 0.29) is 11.9 Å². The first kappa shape index (κ1) is 18.1. The van der Waals surface area contributed by atoms with Crippen LogP contribution in [0.15, 0.2) is 54.4 Å². The molecule has 0 radical (unpaired) electrons. The summed E-state index contributed by atoms with van der Waals surface area (Å²) in [6, 6.07) is 9.82. The van der Waals surface area contributed by atoms with Crippen molar-refractivity contribution < 1.29 is 4.79 Å². The molecule has 2 aromatic rings. The molecule has 1 aliphatic rings. The SMILES string of the molecule is CC(NC(=O)c1cnc(NCCC2=CCCCC2)nc1)c1ccccc1. The molecule has 0 saturated heterocycles. The summed E-state index contributed by atoms with van der Waals surface area (Å²) in [7, 11) is 0. The predicted octanol–water partition coefficient (Wildman–Crippen LogP) is 4.27. The molecule has 1 unspecified atom stereocenters. The molecule has 0 saturated carbocycles. The lowest BCUT2D eigenvalue weighted by atomic mass is 9.97. The van der Waals surface area contributed by atoms with Crippen LogP contribution < -0.4 is 10.6 Å². The first-order valence-electron chi connectivity index (χ1n) is 9.32. The minimum absolute atomic E-state index is 0.0646. The monoisotopic (exact) mass is 350 g/mol. The molecule has 1 aromatic carbocycles. The van der Waals surface area contributed by atoms with Crippen LogP contribution >= 0.6 is 0 Å². The molecular formula is C21H26N4O. The fourth-order valence-corrected chi connectivity index (χ4v) is 3.11. The van der Waals surface area contributed by atoms with Gasteiger partial charge in [-0.15, -0.1) is 0 Å². The summed E-state index contributed by atoms with van der Waals surface area (Å²) in [6.07, 6.45) is 11.6. The van der Waals surface area contributed by atoms with Crippen molar-refractivity contribution in [3.8, 4) is 0 Å². The number of aromatic nitrogens is 2. The summed E-state index contributed by atoms with van der Waals surface area (Å²) in [4.78, 5) is 20.9. The highest BCUT2D eigenvalue weighted by atomic mass is 16.1. The summed E-state index contributed by atoms with van der Waals surface area (Å²) in [6.45, 7) is 2.78. The zero-order valence-corrected chi connectivity index (χ0v) is 15.2. The van der Waals surface area contributed by atoms with Crippen LogP contribution in [0.1, 0.15) is 61.0 Å². The molecule has 0 spiro atoms. The second kappa shape index (κ2) is 9.13. The third-order valence-corrected chi connectivity index (χ3v) is 4.68. The standard InChI is InChI=1S/C21H26N4O/c1-16(18-10-6-3-7-11-18)25-20(26)19-14-23-21(24-15-19)22-13-12-17-8-4-2-5-9-17/h3,6-8,10-11,14-16H,2,4-5,9,12-13H2,1H3,(H,25,26)(H,22,23,24). The molecule has 26 heavy (non-hydrogen) atoms. The van der Waals surface area contributed by atoms with Crippen molar-refractivity contribution in [1.82, 2.24) is 15.3 Å². The number of nitrogens with zero attached hydrogens (tertiary/aromatic N) is 2. The van der Waals surface area contributed by atoms with Crippen LogP contribution in [-0.2, 0) is 0 Å². The number of benzene rings is 1. The van der Waals surface area contributed by atoms with E-state index in [0.717, 1.165) is 18.5 Å². The van der Waals surface area contributed by atoms with Gasteiger partial charge in [0, 0.05) is 18.9 Å². The molecule has 0 bridgehead atoms. The van der Waals surface area contributed by atoms with E-state index in [0.29, 0.717) is 11.5 Å². The maximum Gasteiger partial charge on any atom is 0.254 e. The number of carbonyl (C=O) groups excluding carboxylic acids is 1. The molecule has 1 aliphatic carbocycles. The van der Waals surface area contributed by atoms with E-state index < -0.39 is 0 Å². The van der Waals surface area contributed by atoms with E-state index in [4.69, 9.17) is 0 Å². The molecule has 3 rings (SSSR count). The topological polar surface area (TPSA) is 66.9 Å². The van der Waals surface area contributed by atoms with Gasteiger partial charge in [-0.3, -0.25) is 4.79 Å². The summed E-state index contributed by atoms with van der Waals surface area (Å²) < 4.78 is 0. The zero-order valence-electron chi connectivity index (χ0n) is 15.2. The first-order chi connectivity index (χ1) is 12.7. The van der Waals surface area contributed by atoms with E-state index >= 15 is 0 Å². The molecule has 0 aliphatic heterocycles. The quantitative estimate of drug-likeness (QED) is 0.732. The highest BCUT2D eigenvalue weighted by Crippen LogP contribution is 2.19. The maximum atomic E-state index is 12.3. The van der Waals surface area contributed by atoms with Crippen molar-refractivity contribution in [1.29, 1.82) is 0 Å². The van der Waals surface area contributed by atoms with Gasteiger partial charge in [-0.1, -0.05) is 42.0 Å². The summed E-state index contributed by atoms with van der Waals surface area (Å²) in [5.74, 6) is 0.398. The van der Waals surface area contributed by atoms with Gasteiger partial charge in [0.15, 0.2) is 0 Å². The fourth-order valence-electron chi connectivity index (χ4n) is 3.11.